The van der Waals surface area contributed by atoms with Crippen molar-refractivity contribution in [2.75, 3.05) is 18.8 Å². The third kappa shape index (κ3) is 6.60. The Balaban J connectivity index is 2.61. The van der Waals surface area contributed by atoms with Gasteiger partial charge in [-0.2, -0.15) is 0 Å². The Morgan fingerprint density at radius 2 is 2.10 bits per heavy atom. The molecule has 0 unspecified atom stereocenters. The van der Waals surface area contributed by atoms with Crippen molar-refractivity contribution in [2.45, 2.75) is 6.42 Å². The fourth-order valence-corrected chi connectivity index (χ4v) is 2.26. The summed E-state index contributed by atoms with van der Waals surface area (Å²) in [6, 6.07) is 4.71. The average Bonchev–Trinajstić information content (AvgIpc) is 2.41. The van der Waals surface area contributed by atoms with Gasteiger partial charge >= 0.3 is 0 Å². The smallest absolute Gasteiger partial charge is 0.251 e. The van der Waals surface area contributed by atoms with E-state index < -0.39 is 10.0 Å². The van der Waals surface area contributed by atoms with E-state index in [4.69, 9.17) is 22.5 Å². The largest absolute Gasteiger partial charge is 0.352 e. The second-order valence-electron chi connectivity index (χ2n) is 4.18. The van der Waals surface area contributed by atoms with E-state index in [0.717, 1.165) is 0 Å². The predicted octanol–water partition coefficient (Wildman–Crippen LogP) is 0.0586. The minimum Gasteiger partial charge on any atom is -0.352 e. The maximum absolute atomic E-state index is 11.8. The Morgan fingerprint density at radius 1 is 1.38 bits per heavy atom. The van der Waals surface area contributed by atoms with Crippen LogP contribution in [0.15, 0.2) is 18.2 Å². The van der Waals surface area contributed by atoms with Gasteiger partial charge in [-0.3, -0.25) is 4.79 Å². The van der Waals surface area contributed by atoms with Crippen LogP contribution in [0.4, 0.5) is 0 Å². The molecular weight excluding hydrogens is 314 g/mol. The quantitative estimate of drug-likeness (QED) is 0.523. The summed E-state index contributed by atoms with van der Waals surface area (Å²) in [6.07, 6.45) is 0.248. The van der Waals surface area contributed by atoms with Crippen molar-refractivity contribution in [3.05, 3.63) is 34.3 Å². The highest BCUT2D eigenvalue weighted by Gasteiger charge is 2.08. The van der Waals surface area contributed by atoms with Crippen molar-refractivity contribution in [1.82, 2.24) is 5.32 Å². The van der Waals surface area contributed by atoms with Crippen molar-refractivity contribution >= 4 is 27.5 Å². The predicted molar refractivity (Wildman–Crippen MR) is 82.3 cm³/mol. The van der Waals surface area contributed by atoms with E-state index in [1.54, 1.807) is 12.1 Å². The minimum absolute atomic E-state index is 0.179. The van der Waals surface area contributed by atoms with Crippen LogP contribution in [0.2, 0.25) is 5.02 Å². The number of nitrogens with two attached hydrogens (primary N) is 2. The number of halogens is 1. The van der Waals surface area contributed by atoms with Crippen LogP contribution in [0.5, 0.6) is 0 Å². The summed E-state index contributed by atoms with van der Waals surface area (Å²) in [6.45, 7) is 0.435. The molecule has 5 N–H and O–H groups in total. The van der Waals surface area contributed by atoms with Crippen LogP contribution in [0.3, 0.4) is 0 Å². The van der Waals surface area contributed by atoms with Gasteiger partial charge in [0.15, 0.2) is 0 Å². The summed E-state index contributed by atoms with van der Waals surface area (Å²) in [5, 5.41) is 7.80. The molecular formula is C13H16ClN3O3S. The third-order valence-electron chi connectivity index (χ3n) is 2.45. The number of amides is 1. The second kappa shape index (κ2) is 8.00. The standard InChI is InChI=1S/C13H16ClN3O3S/c14-12-9-11(5-4-10(12)3-1-6-15)13(18)17-7-2-8-21(16,19)20/h4-5,9H,2,6-8,15H2,(H,17,18)(H2,16,19,20). The fourth-order valence-electron chi connectivity index (χ4n) is 1.48. The number of nitrogens with one attached hydrogen (secondary N) is 1. The van der Waals surface area contributed by atoms with Gasteiger partial charge in [0.25, 0.3) is 5.91 Å². The lowest BCUT2D eigenvalue weighted by Crippen LogP contribution is -2.27. The van der Waals surface area contributed by atoms with E-state index in [9.17, 15) is 13.2 Å². The molecule has 0 atom stereocenters. The van der Waals surface area contributed by atoms with Gasteiger partial charge < -0.3 is 11.1 Å². The molecule has 0 bridgehead atoms. The summed E-state index contributed by atoms with van der Waals surface area (Å²) in [7, 11) is -3.51. The van der Waals surface area contributed by atoms with Gasteiger partial charge in [0, 0.05) is 17.7 Å². The lowest BCUT2D eigenvalue weighted by Gasteiger charge is -2.06. The van der Waals surface area contributed by atoms with Gasteiger partial charge in [-0.05, 0) is 24.6 Å². The number of hydrogen-bond donors (Lipinski definition) is 3. The summed E-state index contributed by atoms with van der Waals surface area (Å²) < 4.78 is 21.5. The van der Waals surface area contributed by atoms with Gasteiger partial charge in [-0.15, -0.1) is 0 Å². The highest BCUT2D eigenvalue weighted by atomic mass is 35.5. The maximum atomic E-state index is 11.8. The number of sulfonamides is 1. The summed E-state index contributed by atoms with van der Waals surface area (Å²) >= 11 is 6.01. The molecule has 21 heavy (non-hydrogen) atoms. The first-order chi connectivity index (χ1) is 9.83. The number of rotatable bonds is 5. The minimum atomic E-state index is -3.51. The molecule has 0 aliphatic rings. The van der Waals surface area contributed by atoms with E-state index in [1.807, 2.05) is 0 Å². The Kier molecular flexibility index (Phi) is 6.65. The number of primary sulfonamides is 1. The zero-order chi connectivity index (χ0) is 15.9. The topological polar surface area (TPSA) is 115 Å². The zero-order valence-corrected chi connectivity index (χ0v) is 12.8. The Hall–Kier alpha value is -1.59. The Bertz CT molecular complexity index is 678. The molecule has 0 aliphatic carbocycles. The number of hydrogen-bond acceptors (Lipinski definition) is 4. The molecule has 0 saturated carbocycles. The molecule has 0 heterocycles. The molecule has 1 amide bonds. The monoisotopic (exact) mass is 329 g/mol. The van der Waals surface area contributed by atoms with E-state index in [2.05, 4.69) is 17.2 Å². The van der Waals surface area contributed by atoms with Crippen LogP contribution in [-0.2, 0) is 10.0 Å². The molecule has 0 aliphatic heterocycles. The normalized spacial score (nSPS) is 10.6. The van der Waals surface area contributed by atoms with Crippen LogP contribution < -0.4 is 16.2 Å². The van der Waals surface area contributed by atoms with E-state index in [1.165, 1.54) is 6.07 Å². The lowest BCUT2D eigenvalue weighted by molar-refractivity contribution is 0.0953. The Morgan fingerprint density at radius 3 is 2.67 bits per heavy atom. The van der Waals surface area contributed by atoms with E-state index in [-0.39, 0.29) is 31.2 Å². The number of carbonyl (C=O) groups is 1. The van der Waals surface area contributed by atoms with Gasteiger partial charge in [-0.1, -0.05) is 23.4 Å². The summed E-state index contributed by atoms with van der Waals surface area (Å²) in [5.41, 5.74) is 6.23. The Labute approximate surface area is 128 Å². The van der Waals surface area contributed by atoms with Crippen molar-refractivity contribution in [2.24, 2.45) is 10.9 Å². The molecule has 114 valence electrons. The molecule has 0 saturated heterocycles. The maximum Gasteiger partial charge on any atom is 0.251 e. The van der Waals surface area contributed by atoms with Crippen molar-refractivity contribution < 1.29 is 13.2 Å². The first-order valence-corrected chi connectivity index (χ1v) is 8.20. The van der Waals surface area contributed by atoms with Gasteiger partial charge in [-0.25, -0.2) is 13.6 Å². The third-order valence-corrected chi connectivity index (χ3v) is 3.62. The second-order valence-corrected chi connectivity index (χ2v) is 6.32. The SMILES string of the molecule is NCC#Cc1ccc(C(=O)NCCCS(N)(=O)=O)cc1Cl. The van der Waals surface area contributed by atoms with Crippen LogP contribution in [0.1, 0.15) is 22.3 Å². The molecule has 0 spiro atoms. The van der Waals surface area contributed by atoms with Crippen LogP contribution >= 0.6 is 11.6 Å². The highest BCUT2D eigenvalue weighted by Crippen LogP contribution is 2.17. The molecule has 0 aromatic heterocycles. The summed E-state index contributed by atoms with van der Waals surface area (Å²) in [5.74, 6) is 4.94. The van der Waals surface area contributed by atoms with Crippen LogP contribution in [0, 0.1) is 11.8 Å². The molecule has 1 rings (SSSR count). The van der Waals surface area contributed by atoms with Crippen LogP contribution in [0.25, 0.3) is 0 Å². The molecule has 6 nitrogen and oxygen atoms in total. The molecule has 0 radical (unpaired) electrons. The van der Waals surface area contributed by atoms with Crippen LogP contribution in [-0.4, -0.2) is 33.2 Å². The summed E-state index contributed by atoms with van der Waals surface area (Å²) in [4.78, 5) is 11.8. The fraction of sp³-hybridized carbons (Fsp3) is 0.308. The lowest BCUT2D eigenvalue weighted by atomic mass is 10.1. The van der Waals surface area contributed by atoms with E-state index in [0.29, 0.717) is 16.1 Å². The van der Waals surface area contributed by atoms with Crippen molar-refractivity contribution in [3.63, 3.8) is 0 Å². The molecule has 8 heteroatoms. The van der Waals surface area contributed by atoms with Gasteiger partial charge in [0.1, 0.15) is 0 Å². The average molecular weight is 330 g/mol. The first-order valence-electron chi connectivity index (χ1n) is 6.10. The van der Waals surface area contributed by atoms with Gasteiger partial charge in [0.2, 0.25) is 10.0 Å². The van der Waals surface area contributed by atoms with Crippen molar-refractivity contribution in [1.29, 1.82) is 0 Å². The highest BCUT2D eigenvalue weighted by molar-refractivity contribution is 7.89. The molecule has 0 fully saturated rings. The number of carbonyl (C=O) groups excluding carboxylic acids is 1. The number of benzene rings is 1. The molecule has 1 aromatic rings. The van der Waals surface area contributed by atoms with Gasteiger partial charge in [0.05, 0.1) is 17.3 Å². The zero-order valence-electron chi connectivity index (χ0n) is 11.2. The molecule has 1 aromatic carbocycles. The van der Waals surface area contributed by atoms with Crippen molar-refractivity contribution in [3.8, 4) is 11.8 Å². The first kappa shape index (κ1) is 17.5. The van der Waals surface area contributed by atoms with E-state index >= 15 is 0 Å².